The Morgan fingerprint density at radius 2 is 2.04 bits per heavy atom. The molecule has 2 atom stereocenters. The van der Waals surface area contributed by atoms with Crippen molar-refractivity contribution < 1.29 is 19.5 Å². The summed E-state index contributed by atoms with van der Waals surface area (Å²) in [4.78, 5) is 18.5. The minimum atomic E-state index is -0.560. The summed E-state index contributed by atoms with van der Waals surface area (Å²) in [6, 6.07) is 8.24. The van der Waals surface area contributed by atoms with Gasteiger partial charge in [-0.05, 0) is 32.3 Å². The van der Waals surface area contributed by atoms with Crippen LogP contribution in [0.15, 0.2) is 29.4 Å². The third-order valence-electron chi connectivity index (χ3n) is 5.23. The van der Waals surface area contributed by atoms with Gasteiger partial charge in [0.05, 0.1) is 17.2 Å². The molecule has 0 aliphatic carbocycles. The number of carbonyl (C=O) groups excluding carboxylic acids is 1. The molecule has 1 aromatic rings. The zero-order chi connectivity index (χ0) is 18.6. The van der Waals surface area contributed by atoms with E-state index in [9.17, 15) is 9.90 Å². The van der Waals surface area contributed by atoms with Crippen LogP contribution in [0.1, 0.15) is 43.7 Å². The van der Waals surface area contributed by atoms with Crippen LogP contribution in [0.2, 0.25) is 0 Å². The van der Waals surface area contributed by atoms with E-state index in [4.69, 9.17) is 9.57 Å². The Balaban J connectivity index is 1.65. The first-order valence-electron chi connectivity index (χ1n) is 9.32. The highest BCUT2D eigenvalue weighted by atomic mass is 16.6. The average Bonchev–Trinajstić information content (AvgIpc) is 3.09. The Labute approximate surface area is 154 Å². The van der Waals surface area contributed by atoms with Gasteiger partial charge in [-0.25, -0.2) is 0 Å². The van der Waals surface area contributed by atoms with Crippen LogP contribution < -0.4 is 5.32 Å². The third-order valence-corrected chi connectivity index (χ3v) is 5.23. The Bertz CT molecular complexity index is 648. The average molecular weight is 360 g/mol. The number of rotatable bonds is 6. The van der Waals surface area contributed by atoms with Gasteiger partial charge in [-0.1, -0.05) is 35.0 Å². The third kappa shape index (κ3) is 4.43. The topological polar surface area (TPSA) is 80.2 Å². The maximum absolute atomic E-state index is 12.8. The molecule has 3 rings (SSSR count). The summed E-state index contributed by atoms with van der Waals surface area (Å²) in [5.74, 6) is -0.0194. The molecule has 1 fully saturated rings. The number of ether oxygens (including phenoxy) is 1. The molecule has 1 saturated heterocycles. The van der Waals surface area contributed by atoms with E-state index < -0.39 is 11.5 Å². The van der Waals surface area contributed by atoms with Crippen molar-refractivity contribution in [3.05, 3.63) is 35.4 Å². The van der Waals surface area contributed by atoms with Crippen LogP contribution in [0.5, 0.6) is 0 Å². The lowest BCUT2D eigenvalue weighted by Crippen LogP contribution is -2.48. The standard InChI is InChI=1S/C20H28N2O4/c1-14-3-5-16(6-4-14)18-11-17(26-22-18)12-20(7-9-25-10-8-20)19(24)21-13-15(2)23/h3-6,15,17,23H,7-13H2,1-2H3,(H,21,24). The van der Waals surface area contributed by atoms with Crippen molar-refractivity contribution in [2.75, 3.05) is 19.8 Å². The highest BCUT2D eigenvalue weighted by molar-refractivity contribution is 6.01. The minimum Gasteiger partial charge on any atom is -0.392 e. The van der Waals surface area contributed by atoms with E-state index in [-0.39, 0.29) is 18.6 Å². The highest BCUT2D eigenvalue weighted by Gasteiger charge is 2.43. The molecule has 1 aromatic carbocycles. The molecule has 0 aromatic heterocycles. The van der Waals surface area contributed by atoms with Gasteiger partial charge in [-0.15, -0.1) is 0 Å². The molecule has 2 aliphatic heterocycles. The van der Waals surface area contributed by atoms with Crippen molar-refractivity contribution in [3.63, 3.8) is 0 Å². The number of aliphatic hydroxyl groups excluding tert-OH is 1. The van der Waals surface area contributed by atoms with Crippen LogP contribution in [-0.2, 0) is 14.4 Å². The van der Waals surface area contributed by atoms with Crippen LogP contribution in [-0.4, -0.2) is 48.7 Å². The molecule has 2 aliphatic rings. The summed E-state index contributed by atoms with van der Waals surface area (Å²) in [5, 5.41) is 16.6. The number of hydrogen-bond donors (Lipinski definition) is 2. The zero-order valence-corrected chi connectivity index (χ0v) is 15.5. The quantitative estimate of drug-likeness (QED) is 0.815. The van der Waals surface area contributed by atoms with Crippen LogP contribution in [0.4, 0.5) is 0 Å². The fourth-order valence-corrected chi connectivity index (χ4v) is 3.60. The minimum absolute atomic E-state index is 0.0194. The van der Waals surface area contributed by atoms with E-state index in [1.54, 1.807) is 6.92 Å². The lowest BCUT2D eigenvalue weighted by molar-refractivity contribution is -0.140. The number of carbonyl (C=O) groups is 1. The van der Waals surface area contributed by atoms with Crippen molar-refractivity contribution >= 4 is 11.6 Å². The number of oxime groups is 1. The van der Waals surface area contributed by atoms with Crippen molar-refractivity contribution in [3.8, 4) is 0 Å². The first-order chi connectivity index (χ1) is 12.5. The Morgan fingerprint density at radius 3 is 2.69 bits per heavy atom. The first-order valence-corrected chi connectivity index (χ1v) is 9.32. The van der Waals surface area contributed by atoms with Gasteiger partial charge in [0.2, 0.25) is 5.91 Å². The van der Waals surface area contributed by atoms with E-state index in [0.29, 0.717) is 38.9 Å². The second kappa shape index (κ2) is 8.18. The van der Waals surface area contributed by atoms with Gasteiger partial charge in [0.1, 0.15) is 6.10 Å². The molecule has 0 radical (unpaired) electrons. The number of benzene rings is 1. The van der Waals surface area contributed by atoms with Gasteiger partial charge in [-0.2, -0.15) is 0 Å². The smallest absolute Gasteiger partial charge is 0.226 e. The zero-order valence-electron chi connectivity index (χ0n) is 15.5. The number of aryl methyl sites for hydroxylation is 1. The number of amides is 1. The largest absolute Gasteiger partial charge is 0.392 e. The predicted octanol–water partition coefficient (Wildman–Crippen LogP) is 2.17. The summed E-state index contributed by atoms with van der Waals surface area (Å²) in [6.07, 6.45) is 1.98. The molecule has 6 heteroatoms. The monoisotopic (exact) mass is 360 g/mol. The molecule has 0 spiro atoms. The molecule has 6 nitrogen and oxygen atoms in total. The van der Waals surface area contributed by atoms with E-state index in [0.717, 1.165) is 11.3 Å². The lowest BCUT2D eigenvalue weighted by Gasteiger charge is -2.37. The lowest BCUT2D eigenvalue weighted by atomic mass is 9.74. The maximum Gasteiger partial charge on any atom is 0.226 e. The summed E-state index contributed by atoms with van der Waals surface area (Å²) in [6.45, 7) is 5.12. The van der Waals surface area contributed by atoms with Crippen LogP contribution in [0.25, 0.3) is 0 Å². The van der Waals surface area contributed by atoms with Crippen molar-refractivity contribution in [2.24, 2.45) is 10.6 Å². The fraction of sp³-hybridized carbons (Fsp3) is 0.600. The van der Waals surface area contributed by atoms with Gasteiger partial charge in [0, 0.05) is 32.6 Å². The Kier molecular flexibility index (Phi) is 5.94. The SMILES string of the molecule is Cc1ccc(C2=NOC(CC3(C(=O)NCC(C)O)CCOCC3)C2)cc1. The first kappa shape index (κ1) is 18.9. The molecule has 0 bridgehead atoms. The summed E-state index contributed by atoms with van der Waals surface area (Å²) < 4.78 is 5.47. The van der Waals surface area contributed by atoms with Gasteiger partial charge in [-0.3, -0.25) is 4.79 Å². The van der Waals surface area contributed by atoms with Gasteiger partial charge < -0.3 is 20.0 Å². The van der Waals surface area contributed by atoms with Crippen LogP contribution in [0.3, 0.4) is 0 Å². The number of hydrogen-bond acceptors (Lipinski definition) is 5. The Morgan fingerprint density at radius 1 is 1.35 bits per heavy atom. The fourth-order valence-electron chi connectivity index (χ4n) is 3.60. The second-order valence-electron chi connectivity index (χ2n) is 7.49. The van der Waals surface area contributed by atoms with Crippen LogP contribution in [0, 0.1) is 12.3 Å². The molecule has 0 saturated carbocycles. The van der Waals surface area contributed by atoms with Crippen molar-refractivity contribution in [2.45, 2.75) is 51.7 Å². The van der Waals surface area contributed by atoms with Gasteiger partial charge in [0.25, 0.3) is 0 Å². The normalized spacial score (nSPS) is 23.0. The molecule has 2 unspecified atom stereocenters. The molecular formula is C20H28N2O4. The molecule has 26 heavy (non-hydrogen) atoms. The Hall–Kier alpha value is -1.92. The van der Waals surface area contributed by atoms with E-state index in [2.05, 4.69) is 41.7 Å². The highest BCUT2D eigenvalue weighted by Crippen LogP contribution is 2.38. The molecule has 1 amide bonds. The summed E-state index contributed by atoms with van der Waals surface area (Å²) in [7, 11) is 0. The predicted molar refractivity (Wildman–Crippen MR) is 99.0 cm³/mol. The van der Waals surface area contributed by atoms with E-state index in [1.165, 1.54) is 5.56 Å². The van der Waals surface area contributed by atoms with Crippen molar-refractivity contribution in [1.29, 1.82) is 0 Å². The number of nitrogens with one attached hydrogen (secondary N) is 1. The molecule has 2 heterocycles. The molecule has 2 N–H and O–H groups in total. The number of nitrogens with zero attached hydrogens (tertiary/aromatic N) is 1. The molecule has 142 valence electrons. The molecular weight excluding hydrogens is 332 g/mol. The van der Waals surface area contributed by atoms with E-state index >= 15 is 0 Å². The maximum atomic E-state index is 12.8. The second-order valence-corrected chi connectivity index (χ2v) is 7.49. The van der Waals surface area contributed by atoms with Gasteiger partial charge >= 0.3 is 0 Å². The van der Waals surface area contributed by atoms with Crippen LogP contribution >= 0.6 is 0 Å². The summed E-state index contributed by atoms with van der Waals surface area (Å²) in [5.41, 5.74) is 2.69. The van der Waals surface area contributed by atoms with Crippen molar-refractivity contribution in [1.82, 2.24) is 5.32 Å². The number of aliphatic hydroxyl groups is 1. The van der Waals surface area contributed by atoms with Gasteiger partial charge in [0.15, 0.2) is 0 Å². The summed E-state index contributed by atoms with van der Waals surface area (Å²) >= 11 is 0. The van der Waals surface area contributed by atoms with E-state index in [1.807, 2.05) is 0 Å².